The SMILES string of the molecule is c1ccc(C2(c3ccccc3)c3cc(Nc4ccccc4C4(c5ccccc5)c5ccccc5-c5ccccc54)ccc3-c3cc4ccccc4cc32)cc1. The van der Waals surface area contributed by atoms with Crippen LogP contribution in [0.3, 0.4) is 0 Å². The fourth-order valence-corrected chi connectivity index (χ4v) is 10.0. The van der Waals surface area contributed by atoms with Crippen molar-refractivity contribution in [2.75, 3.05) is 5.32 Å². The van der Waals surface area contributed by atoms with Gasteiger partial charge in [0.15, 0.2) is 0 Å². The summed E-state index contributed by atoms with van der Waals surface area (Å²) in [5.74, 6) is 0. The molecule has 2 aliphatic rings. The molecule has 0 spiro atoms. The Morgan fingerprint density at radius 1 is 0.273 bits per heavy atom. The average molecular weight is 700 g/mol. The molecule has 1 N–H and O–H groups in total. The van der Waals surface area contributed by atoms with E-state index in [0.29, 0.717) is 0 Å². The zero-order valence-electron chi connectivity index (χ0n) is 30.3. The van der Waals surface area contributed by atoms with Gasteiger partial charge < -0.3 is 5.32 Å². The highest BCUT2D eigenvalue weighted by Crippen LogP contribution is 2.59. The van der Waals surface area contributed by atoms with Crippen molar-refractivity contribution in [2.45, 2.75) is 10.8 Å². The van der Waals surface area contributed by atoms with Gasteiger partial charge in [-0.15, -0.1) is 0 Å². The minimum Gasteiger partial charge on any atom is -0.355 e. The van der Waals surface area contributed by atoms with E-state index < -0.39 is 10.8 Å². The molecular formula is C54H37N. The maximum absolute atomic E-state index is 4.04. The molecule has 9 aromatic rings. The van der Waals surface area contributed by atoms with Gasteiger partial charge in [0.05, 0.1) is 10.8 Å². The molecular weight excluding hydrogens is 663 g/mol. The van der Waals surface area contributed by atoms with Crippen LogP contribution in [-0.4, -0.2) is 0 Å². The van der Waals surface area contributed by atoms with Crippen molar-refractivity contribution >= 4 is 22.1 Å². The van der Waals surface area contributed by atoms with Crippen LogP contribution in [0.15, 0.2) is 218 Å². The Bertz CT molecular complexity index is 2810. The van der Waals surface area contributed by atoms with Crippen LogP contribution in [0.4, 0.5) is 11.4 Å². The highest BCUT2D eigenvalue weighted by atomic mass is 14.9. The van der Waals surface area contributed by atoms with Crippen molar-refractivity contribution in [2.24, 2.45) is 0 Å². The first kappa shape index (κ1) is 31.6. The molecule has 0 unspecified atom stereocenters. The van der Waals surface area contributed by atoms with Crippen molar-refractivity contribution in [3.8, 4) is 22.3 Å². The van der Waals surface area contributed by atoms with Gasteiger partial charge in [-0.2, -0.15) is 0 Å². The van der Waals surface area contributed by atoms with Gasteiger partial charge in [-0.3, -0.25) is 0 Å². The molecule has 0 heterocycles. The van der Waals surface area contributed by atoms with E-state index in [1.165, 1.54) is 77.5 Å². The smallest absolute Gasteiger partial charge is 0.0733 e. The van der Waals surface area contributed by atoms with Crippen LogP contribution in [0, 0.1) is 0 Å². The Balaban J connectivity index is 1.15. The summed E-state index contributed by atoms with van der Waals surface area (Å²) in [4.78, 5) is 0. The molecule has 1 nitrogen and oxygen atoms in total. The van der Waals surface area contributed by atoms with Crippen LogP contribution < -0.4 is 5.32 Å². The molecule has 0 fully saturated rings. The lowest BCUT2D eigenvalue weighted by molar-refractivity contribution is 0.768. The number of hydrogen-bond donors (Lipinski definition) is 1. The summed E-state index contributed by atoms with van der Waals surface area (Å²) in [6.07, 6.45) is 0. The van der Waals surface area contributed by atoms with Gasteiger partial charge >= 0.3 is 0 Å². The number of hydrogen-bond acceptors (Lipinski definition) is 1. The van der Waals surface area contributed by atoms with E-state index in [9.17, 15) is 0 Å². The molecule has 0 amide bonds. The highest BCUT2D eigenvalue weighted by Gasteiger charge is 2.48. The second-order valence-corrected chi connectivity index (χ2v) is 14.9. The van der Waals surface area contributed by atoms with E-state index in [1.807, 2.05) is 0 Å². The molecule has 1 heteroatoms. The van der Waals surface area contributed by atoms with E-state index in [2.05, 4.69) is 224 Å². The first-order valence-corrected chi connectivity index (χ1v) is 19.2. The summed E-state index contributed by atoms with van der Waals surface area (Å²) < 4.78 is 0. The predicted molar refractivity (Wildman–Crippen MR) is 228 cm³/mol. The van der Waals surface area contributed by atoms with Crippen molar-refractivity contribution in [3.05, 3.63) is 263 Å². The molecule has 0 saturated carbocycles. The predicted octanol–water partition coefficient (Wildman–Crippen LogP) is 13.3. The van der Waals surface area contributed by atoms with Crippen molar-refractivity contribution < 1.29 is 0 Å². The van der Waals surface area contributed by atoms with Crippen molar-refractivity contribution in [1.82, 2.24) is 0 Å². The van der Waals surface area contributed by atoms with E-state index in [0.717, 1.165) is 11.4 Å². The van der Waals surface area contributed by atoms with E-state index in [1.54, 1.807) is 0 Å². The lowest BCUT2D eigenvalue weighted by atomic mass is 9.67. The first-order valence-electron chi connectivity index (χ1n) is 19.2. The minimum atomic E-state index is -0.511. The summed E-state index contributed by atoms with van der Waals surface area (Å²) >= 11 is 0. The lowest BCUT2D eigenvalue weighted by Gasteiger charge is -2.36. The molecule has 9 aromatic carbocycles. The van der Waals surface area contributed by atoms with Gasteiger partial charge in [-0.05, 0) is 108 Å². The molecule has 0 atom stereocenters. The summed E-state index contributed by atoms with van der Waals surface area (Å²) in [5, 5.41) is 6.54. The van der Waals surface area contributed by atoms with Gasteiger partial charge in [0.25, 0.3) is 0 Å². The topological polar surface area (TPSA) is 12.0 Å². The van der Waals surface area contributed by atoms with Crippen LogP contribution in [-0.2, 0) is 10.8 Å². The fraction of sp³-hybridized carbons (Fsp3) is 0.0370. The van der Waals surface area contributed by atoms with Gasteiger partial charge in [0.1, 0.15) is 0 Å². The van der Waals surface area contributed by atoms with Crippen LogP contribution in [0.2, 0.25) is 0 Å². The molecule has 0 aliphatic heterocycles. The third-order valence-corrected chi connectivity index (χ3v) is 12.2. The second kappa shape index (κ2) is 12.3. The highest BCUT2D eigenvalue weighted by molar-refractivity contribution is 5.97. The summed E-state index contributed by atoms with van der Waals surface area (Å²) in [6.45, 7) is 0. The second-order valence-electron chi connectivity index (χ2n) is 14.9. The summed E-state index contributed by atoms with van der Waals surface area (Å²) in [6, 6.07) is 80.7. The lowest BCUT2D eigenvalue weighted by Crippen LogP contribution is -2.29. The van der Waals surface area contributed by atoms with E-state index in [4.69, 9.17) is 0 Å². The van der Waals surface area contributed by atoms with Crippen molar-refractivity contribution in [1.29, 1.82) is 0 Å². The zero-order valence-corrected chi connectivity index (χ0v) is 30.3. The fourth-order valence-electron chi connectivity index (χ4n) is 10.0. The van der Waals surface area contributed by atoms with Crippen LogP contribution in [0.1, 0.15) is 44.5 Å². The third-order valence-electron chi connectivity index (χ3n) is 12.2. The molecule has 0 aromatic heterocycles. The van der Waals surface area contributed by atoms with Crippen molar-refractivity contribution in [3.63, 3.8) is 0 Å². The zero-order chi connectivity index (χ0) is 36.4. The third kappa shape index (κ3) is 4.47. The van der Waals surface area contributed by atoms with Crippen LogP contribution in [0.25, 0.3) is 33.0 Å². The standard InChI is InChI=1S/C54H37N/c1-4-20-39(21-5-1)53(40-22-6-2-7-23-40)50-35-38-19-11-10-18-37(38)34-46(50)45-33-32-42(36-51(45)53)55-52-31-17-16-30-49(52)54(41-24-8-3-9-25-41)47-28-14-12-26-43(47)44-27-13-15-29-48(44)54/h1-36,55H. The molecule has 258 valence electrons. The Morgan fingerprint density at radius 2 is 0.709 bits per heavy atom. The minimum absolute atomic E-state index is 0.511. The maximum Gasteiger partial charge on any atom is 0.0733 e. The van der Waals surface area contributed by atoms with Crippen LogP contribution in [0.5, 0.6) is 0 Å². The van der Waals surface area contributed by atoms with Gasteiger partial charge in [0.2, 0.25) is 0 Å². The Labute approximate surface area is 322 Å². The number of para-hydroxylation sites is 1. The quantitative estimate of drug-likeness (QED) is 0.182. The maximum atomic E-state index is 4.04. The number of nitrogens with one attached hydrogen (secondary N) is 1. The van der Waals surface area contributed by atoms with Gasteiger partial charge in [0, 0.05) is 11.4 Å². The number of fused-ring (bicyclic) bond motifs is 7. The van der Waals surface area contributed by atoms with Gasteiger partial charge in [-0.25, -0.2) is 0 Å². The molecule has 0 radical (unpaired) electrons. The summed E-state index contributed by atoms with van der Waals surface area (Å²) in [5.41, 5.74) is 16.5. The first-order chi connectivity index (χ1) is 27.3. The van der Waals surface area contributed by atoms with E-state index >= 15 is 0 Å². The van der Waals surface area contributed by atoms with E-state index in [-0.39, 0.29) is 0 Å². The Kier molecular flexibility index (Phi) is 7.06. The number of rotatable bonds is 6. The monoisotopic (exact) mass is 699 g/mol. The normalized spacial score (nSPS) is 14.1. The number of benzene rings is 9. The number of anilines is 2. The Morgan fingerprint density at radius 3 is 1.31 bits per heavy atom. The van der Waals surface area contributed by atoms with Gasteiger partial charge in [-0.1, -0.05) is 188 Å². The molecule has 2 aliphatic carbocycles. The largest absolute Gasteiger partial charge is 0.355 e. The molecule has 0 saturated heterocycles. The summed E-state index contributed by atoms with van der Waals surface area (Å²) in [7, 11) is 0. The average Bonchev–Trinajstić information content (AvgIpc) is 3.71. The molecule has 11 rings (SSSR count). The van der Waals surface area contributed by atoms with Crippen LogP contribution >= 0.6 is 0 Å². The molecule has 0 bridgehead atoms. The Hall–Kier alpha value is -6.96. The molecule has 55 heavy (non-hydrogen) atoms.